The van der Waals surface area contributed by atoms with Gasteiger partial charge in [0, 0.05) is 11.9 Å². The van der Waals surface area contributed by atoms with Crippen LogP contribution < -0.4 is 0 Å². The topological polar surface area (TPSA) is 0 Å². The lowest BCUT2D eigenvalue weighted by molar-refractivity contribution is 0.465. The first-order valence-electron chi connectivity index (χ1n) is 4.90. The van der Waals surface area contributed by atoms with Crippen LogP contribution >= 0.6 is 11.6 Å². The van der Waals surface area contributed by atoms with Crippen LogP contribution in [0.3, 0.4) is 0 Å². The molecule has 1 rings (SSSR count). The number of alkyl halides is 1. The minimum atomic E-state index is -0.502. The number of aryl methyl sites for hydroxylation is 1. The van der Waals surface area contributed by atoms with Crippen LogP contribution in [0.2, 0.25) is 0 Å². The molecule has 15 heavy (non-hydrogen) atoms. The molecule has 0 aliphatic heterocycles. The fraction of sp³-hybridized carbons (Fsp3) is 0.500. The van der Waals surface area contributed by atoms with Crippen LogP contribution in [0.1, 0.15) is 31.4 Å². The lowest BCUT2D eigenvalue weighted by Crippen LogP contribution is -2.20. The molecule has 0 saturated heterocycles. The second kappa shape index (κ2) is 4.48. The van der Waals surface area contributed by atoms with E-state index in [1.54, 1.807) is 13.0 Å². The first-order chi connectivity index (χ1) is 6.88. The Morgan fingerprint density at radius 2 is 1.80 bits per heavy atom. The van der Waals surface area contributed by atoms with Crippen LogP contribution in [0, 0.1) is 18.6 Å². The van der Waals surface area contributed by atoms with E-state index in [0.29, 0.717) is 23.4 Å². The third-order valence-corrected chi connectivity index (χ3v) is 2.89. The quantitative estimate of drug-likeness (QED) is 0.686. The molecular weight excluding hydrogens is 218 g/mol. The maximum absolute atomic E-state index is 13.6. The first-order valence-corrected chi connectivity index (χ1v) is 5.44. The molecule has 0 bridgehead atoms. The highest BCUT2D eigenvalue weighted by Crippen LogP contribution is 2.31. The van der Waals surface area contributed by atoms with Crippen LogP contribution in [-0.2, 0) is 5.41 Å². The predicted molar refractivity (Wildman–Crippen MR) is 59.5 cm³/mol. The Bertz CT molecular complexity index is 359. The van der Waals surface area contributed by atoms with E-state index in [1.165, 1.54) is 0 Å². The Balaban J connectivity index is 3.19. The number of hydrogen-bond acceptors (Lipinski definition) is 0. The molecule has 1 aromatic rings. The van der Waals surface area contributed by atoms with Gasteiger partial charge in [0.2, 0.25) is 0 Å². The number of rotatable bonds is 3. The van der Waals surface area contributed by atoms with Crippen molar-refractivity contribution in [2.24, 2.45) is 0 Å². The van der Waals surface area contributed by atoms with Gasteiger partial charge in [0.1, 0.15) is 11.6 Å². The van der Waals surface area contributed by atoms with E-state index < -0.39 is 11.6 Å². The highest BCUT2D eigenvalue weighted by Gasteiger charge is 2.24. The molecule has 0 amide bonds. The van der Waals surface area contributed by atoms with Crippen molar-refractivity contribution in [1.82, 2.24) is 0 Å². The highest BCUT2D eigenvalue weighted by molar-refractivity contribution is 6.17. The molecule has 0 nitrogen and oxygen atoms in total. The molecule has 0 spiro atoms. The summed E-state index contributed by atoms with van der Waals surface area (Å²) in [5.74, 6) is -0.533. The van der Waals surface area contributed by atoms with Gasteiger partial charge in [-0.25, -0.2) is 8.78 Å². The maximum atomic E-state index is 13.6. The van der Waals surface area contributed by atoms with Crippen molar-refractivity contribution in [3.63, 3.8) is 0 Å². The second-order valence-electron chi connectivity index (χ2n) is 4.40. The monoisotopic (exact) mass is 232 g/mol. The Hall–Kier alpha value is -0.630. The number of halogens is 3. The fourth-order valence-corrected chi connectivity index (χ4v) is 2.02. The van der Waals surface area contributed by atoms with Crippen LogP contribution in [0.4, 0.5) is 8.78 Å². The van der Waals surface area contributed by atoms with Crippen molar-refractivity contribution in [2.75, 3.05) is 5.88 Å². The number of hydrogen-bond donors (Lipinski definition) is 0. The predicted octanol–water partition coefficient (Wildman–Crippen LogP) is 4.18. The molecule has 0 radical (unpaired) electrons. The van der Waals surface area contributed by atoms with Crippen molar-refractivity contribution in [2.45, 2.75) is 32.6 Å². The van der Waals surface area contributed by atoms with Crippen molar-refractivity contribution < 1.29 is 8.78 Å². The summed E-state index contributed by atoms with van der Waals surface area (Å²) >= 11 is 5.66. The summed E-state index contributed by atoms with van der Waals surface area (Å²) in [5.41, 5.74) is 0.640. The van der Waals surface area contributed by atoms with Gasteiger partial charge in [0.25, 0.3) is 0 Å². The molecule has 0 saturated carbocycles. The van der Waals surface area contributed by atoms with Gasteiger partial charge in [0.05, 0.1) is 0 Å². The summed E-state index contributed by atoms with van der Waals surface area (Å²) in [6.07, 6.45) is 0.663. The van der Waals surface area contributed by atoms with Gasteiger partial charge in [-0.15, -0.1) is 11.6 Å². The van der Waals surface area contributed by atoms with E-state index in [4.69, 9.17) is 11.6 Å². The van der Waals surface area contributed by atoms with Crippen LogP contribution in [0.5, 0.6) is 0 Å². The summed E-state index contributed by atoms with van der Waals surface area (Å²) in [6, 6.07) is 2.51. The SMILES string of the molecule is Cc1cc(C(C)(C)CCCl)c(F)cc1F. The van der Waals surface area contributed by atoms with Crippen molar-refractivity contribution in [3.05, 3.63) is 34.9 Å². The third-order valence-electron chi connectivity index (χ3n) is 2.70. The zero-order valence-electron chi connectivity index (χ0n) is 9.20. The summed E-state index contributed by atoms with van der Waals surface area (Å²) < 4.78 is 26.6. The first kappa shape index (κ1) is 12.4. The molecule has 3 heteroatoms. The zero-order valence-corrected chi connectivity index (χ0v) is 9.96. The molecule has 0 N–H and O–H groups in total. The van der Waals surface area contributed by atoms with Crippen molar-refractivity contribution in [3.8, 4) is 0 Å². The van der Waals surface area contributed by atoms with Gasteiger partial charge in [-0.05, 0) is 36.0 Å². The minimum absolute atomic E-state index is 0.357. The van der Waals surface area contributed by atoms with E-state index >= 15 is 0 Å². The molecule has 0 unspecified atom stereocenters. The van der Waals surface area contributed by atoms with Crippen molar-refractivity contribution in [1.29, 1.82) is 0 Å². The van der Waals surface area contributed by atoms with Gasteiger partial charge in [0.15, 0.2) is 0 Å². The van der Waals surface area contributed by atoms with Gasteiger partial charge < -0.3 is 0 Å². The van der Waals surface area contributed by atoms with Gasteiger partial charge in [-0.1, -0.05) is 13.8 Å². The lowest BCUT2D eigenvalue weighted by atomic mass is 9.81. The normalized spacial score (nSPS) is 11.9. The zero-order chi connectivity index (χ0) is 11.6. The van der Waals surface area contributed by atoms with Gasteiger partial charge in [-0.2, -0.15) is 0 Å². The molecule has 0 aliphatic carbocycles. The fourth-order valence-electron chi connectivity index (χ4n) is 1.55. The largest absolute Gasteiger partial charge is 0.207 e. The second-order valence-corrected chi connectivity index (χ2v) is 4.78. The standard InChI is InChI=1S/C12H15ClF2/c1-8-6-9(11(15)7-10(8)14)12(2,3)4-5-13/h6-7H,4-5H2,1-3H3. The minimum Gasteiger partial charge on any atom is -0.207 e. The molecule has 84 valence electrons. The van der Waals surface area contributed by atoms with Crippen LogP contribution in [-0.4, -0.2) is 5.88 Å². The van der Waals surface area contributed by atoms with E-state index in [2.05, 4.69) is 0 Å². The average molecular weight is 233 g/mol. The van der Waals surface area contributed by atoms with E-state index in [-0.39, 0.29) is 5.41 Å². The van der Waals surface area contributed by atoms with E-state index in [1.807, 2.05) is 13.8 Å². The molecule has 0 aliphatic rings. The average Bonchev–Trinajstić information content (AvgIpc) is 2.11. The summed E-state index contributed by atoms with van der Waals surface area (Å²) in [7, 11) is 0. The summed E-state index contributed by atoms with van der Waals surface area (Å²) in [5, 5.41) is 0. The molecule has 0 heterocycles. The Kier molecular flexibility index (Phi) is 3.72. The number of benzene rings is 1. The lowest BCUT2D eigenvalue weighted by Gasteiger charge is -2.25. The third kappa shape index (κ3) is 2.69. The Morgan fingerprint density at radius 3 is 2.33 bits per heavy atom. The summed E-state index contributed by atoms with van der Waals surface area (Å²) in [4.78, 5) is 0. The van der Waals surface area contributed by atoms with Crippen LogP contribution in [0.25, 0.3) is 0 Å². The van der Waals surface area contributed by atoms with Gasteiger partial charge >= 0.3 is 0 Å². The van der Waals surface area contributed by atoms with Gasteiger partial charge in [-0.3, -0.25) is 0 Å². The maximum Gasteiger partial charge on any atom is 0.129 e. The molecule has 0 atom stereocenters. The molecule has 1 aromatic carbocycles. The molecule has 0 aromatic heterocycles. The van der Waals surface area contributed by atoms with E-state index in [0.717, 1.165) is 6.07 Å². The van der Waals surface area contributed by atoms with Crippen LogP contribution in [0.15, 0.2) is 12.1 Å². The van der Waals surface area contributed by atoms with E-state index in [9.17, 15) is 8.78 Å². The van der Waals surface area contributed by atoms with Crippen molar-refractivity contribution >= 4 is 11.6 Å². The summed E-state index contributed by atoms with van der Waals surface area (Å²) in [6.45, 7) is 5.45. The molecular formula is C12H15ClF2. The molecule has 0 fully saturated rings. The smallest absolute Gasteiger partial charge is 0.129 e. The Morgan fingerprint density at radius 1 is 1.20 bits per heavy atom. The Labute approximate surface area is 94.3 Å². The highest BCUT2D eigenvalue weighted by atomic mass is 35.5.